The van der Waals surface area contributed by atoms with Crippen LogP contribution in [0.2, 0.25) is 0 Å². The van der Waals surface area contributed by atoms with Gasteiger partial charge in [-0.15, -0.1) is 0 Å². The van der Waals surface area contributed by atoms with E-state index in [0.29, 0.717) is 12.1 Å². The Morgan fingerprint density at radius 1 is 0.864 bits per heavy atom. The second-order valence-corrected chi connectivity index (χ2v) is 5.74. The Balaban J connectivity index is 2.09. The van der Waals surface area contributed by atoms with Crippen LogP contribution in [0.25, 0.3) is 0 Å². The number of rotatable bonds is 7. The normalized spacial score (nSPS) is 11.4. The molecule has 0 spiro atoms. The van der Waals surface area contributed by atoms with E-state index < -0.39 is 11.6 Å². The maximum atomic E-state index is 13.9. The van der Waals surface area contributed by atoms with E-state index in [1.807, 2.05) is 32.3 Å². The Hall–Kier alpha value is -1.78. The fraction of sp³-hybridized carbons (Fsp3) is 0.333. The molecule has 4 heteroatoms. The van der Waals surface area contributed by atoms with Crippen molar-refractivity contribution in [1.29, 1.82) is 0 Å². The smallest absolute Gasteiger partial charge is 0.130 e. The minimum absolute atomic E-state index is 0.467. The summed E-state index contributed by atoms with van der Waals surface area (Å²) in [6.45, 7) is 2.91. The average molecular weight is 304 g/mol. The summed E-state index contributed by atoms with van der Waals surface area (Å²) in [4.78, 5) is 4.27. The standard InChI is InChI=1S/C18H22F2N2/c1-21(2)10-11-22(13-15-6-4-3-5-7-15)14-16-8-9-17(19)12-18(16)20/h3-9,12H,10-11,13-14H2,1-2H3. The van der Waals surface area contributed by atoms with E-state index in [9.17, 15) is 8.78 Å². The monoisotopic (exact) mass is 304 g/mol. The highest BCUT2D eigenvalue weighted by Crippen LogP contribution is 2.14. The van der Waals surface area contributed by atoms with Crippen molar-refractivity contribution in [2.45, 2.75) is 13.1 Å². The Bertz CT molecular complexity index is 585. The molecule has 2 nitrogen and oxygen atoms in total. The van der Waals surface area contributed by atoms with Crippen molar-refractivity contribution >= 4 is 0 Å². The van der Waals surface area contributed by atoms with Crippen molar-refractivity contribution in [2.24, 2.45) is 0 Å². The Morgan fingerprint density at radius 3 is 2.23 bits per heavy atom. The summed E-state index contributed by atoms with van der Waals surface area (Å²) in [5.74, 6) is -1.02. The van der Waals surface area contributed by atoms with Gasteiger partial charge in [0, 0.05) is 37.8 Å². The number of likely N-dealkylation sites (N-methyl/N-ethyl adjacent to an activating group) is 1. The highest BCUT2D eigenvalue weighted by atomic mass is 19.1. The third-order valence-corrected chi connectivity index (χ3v) is 3.52. The van der Waals surface area contributed by atoms with Crippen LogP contribution < -0.4 is 0 Å². The van der Waals surface area contributed by atoms with Gasteiger partial charge in [0.05, 0.1) is 0 Å². The highest BCUT2D eigenvalue weighted by Gasteiger charge is 2.11. The first-order valence-electron chi connectivity index (χ1n) is 7.39. The van der Waals surface area contributed by atoms with E-state index >= 15 is 0 Å². The quantitative estimate of drug-likeness (QED) is 0.772. The number of benzene rings is 2. The van der Waals surface area contributed by atoms with Crippen LogP contribution in [0, 0.1) is 11.6 Å². The topological polar surface area (TPSA) is 6.48 Å². The molecule has 0 amide bonds. The van der Waals surface area contributed by atoms with Crippen molar-refractivity contribution in [1.82, 2.24) is 9.80 Å². The van der Waals surface area contributed by atoms with Crippen molar-refractivity contribution in [3.63, 3.8) is 0 Å². The van der Waals surface area contributed by atoms with E-state index in [1.54, 1.807) is 0 Å². The van der Waals surface area contributed by atoms with Crippen LogP contribution >= 0.6 is 0 Å². The molecule has 0 fully saturated rings. The summed E-state index contributed by atoms with van der Waals surface area (Å²) in [5.41, 5.74) is 1.71. The summed E-state index contributed by atoms with van der Waals surface area (Å²) in [5, 5.41) is 0. The van der Waals surface area contributed by atoms with E-state index in [4.69, 9.17) is 0 Å². The highest BCUT2D eigenvalue weighted by molar-refractivity contribution is 5.19. The number of hydrogen-bond acceptors (Lipinski definition) is 2. The molecular formula is C18H22F2N2. The summed E-state index contributed by atoms with van der Waals surface area (Å²) in [6, 6.07) is 13.9. The molecule has 0 radical (unpaired) electrons. The largest absolute Gasteiger partial charge is 0.308 e. The molecule has 0 atom stereocenters. The summed E-state index contributed by atoms with van der Waals surface area (Å²) in [6.07, 6.45) is 0. The van der Waals surface area contributed by atoms with E-state index in [-0.39, 0.29) is 0 Å². The van der Waals surface area contributed by atoms with Crippen LogP contribution in [-0.2, 0) is 13.1 Å². The Labute approximate surface area is 131 Å². The predicted molar refractivity (Wildman–Crippen MR) is 85.5 cm³/mol. The number of halogens is 2. The Kier molecular flexibility index (Phi) is 6.04. The fourth-order valence-corrected chi connectivity index (χ4v) is 2.29. The van der Waals surface area contributed by atoms with Crippen LogP contribution in [0.3, 0.4) is 0 Å². The van der Waals surface area contributed by atoms with Gasteiger partial charge in [0.2, 0.25) is 0 Å². The minimum atomic E-state index is -0.538. The first-order valence-corrected chi connectivity index (χ1v) is 7.39. The predicted octanol–water partition coefficient (Wildman–Crippen LogP) is 3.53. The first kappa shape index (κ1) is 16.6. The van der Waals surface area contributed by atoms with Crippen molar-refractivity contribution in [3.8, 4) is 0 Å². The maximum Gasteiger partial charge on any atom is 0.130 e. The number of nitrogens with zero attached hydrogens (tertiary/aromatic N) is 2. The molecule has 0 unspecified atom stereocenters. The maximum absolute atomic E-state index is 13.9. The Morgan fingerprint density at radius 2 is 1.59 bits per heavy atom. The zero-order valence-electron chi connectivity index (χ0n) is 13.1. The lowest BCUT2D eigenvalue weighted by molar-refractivity contribution is 0.223. The van der Waals surface area contributed by atoms with E-state index in [2.05, 4.69) is 21.9 Å². The van der Waals surface area contributed by atoms with Crippen molar-refractivity contribution in [3.05, 3.63) is 71.3 Å². The second-order valence-electron chi connectivity index (χ2n) is 5.74. The van der Waals surface area contributed by atoms with Gasteiger partial charge in [0.15, 0.2) is 0 Å². The molecule has 0 aliphatic heterocycles. The molecule has 0 aliphatic rings. The molecular weight excluding hydrogens is 282 g/mol. The molecule has 0 aliphatic carbocycles. The molecule has 0 heterocycles. The summed E-state index contributed by atoms with van der Waals surface area (Å²) >= 11 is 0. The lowest BCUT2D eigenvalue weighted by Crippen LogP contribution is -2.31. The fourth-order valence-electron chi connectivity index (χ4n) is 2.29. The van der Waals surface area contributed by atoms with Crippen LogP contribution in [0.4, 0.5) is 8.78 Å². The van der Waals surface area contributed by atoms with E-state index in [1.165, 1.54) is 17.7 Å². The third-order valence-electron chi connectivity index (χ3n) is 3.52. The first-order chi connectivity index (χ1) is 10.5. The third kappa shape index (κ3) is 5.20. The van der Waals surface area contributed by atoms with Crippen LogP contribution in [-0.4, -0.2) is 37.0 Å². The minimum Gasteiger partial charge on any atom is -0.308 e. The lowest BCUT2D eigenvalue weighted by Gasteiger charge is -2.24. The molecule has 0 saturated heterocycles. The van der Waals surface area contributed by atoms with Gasteiger partial charge in [-0.1, -0.05) is 36.4 Å². The summed E-state index contributed by atoms with van der Waals surface area (Å²) < 4.78 is 26.9. The van der Waals surface area contributed by atoms with Crippen LogP contribution in [0.1, 0.15) is 11.1 Å². The van der Waals surface area contributed by atoms with Gasteiger partial charge in [-0.2, -0.15) is 0 Å². The van der Waals surface area contributed by atoms with Gasteiger partial charge in [0.25, 0.3) is 0 Å². The second kappa shape index (κ2) is 8.01. The van der Waals surface area contributed by atoms with Gasteiger partial charge in [0.1, 0.15) is 11.6 Å². The molecule has 0 N–H and O–H groups in total. The van der Waals surface area contributed by atoms with Crippen LogP contribution in [0.5, 0.6) is 0 Å². The van der Waals surface area contributed by atoms with Crippen molar-refractivity contribution in [2.75, 3.05) is 27.2 Å². The molecule has 118 valence electrons. The van der Waals surface area contributed by atoms with Gasteiger partial charge < -0.3 is 4.90 Å². The molecule has 22 heavy (non-hydrogen) atoms. The van der Waals surface area contributed by atoms with E-state index in [0.717, 1.165) is 25.7 Å². The summed E-state index contributed by atoms with van der Waals surface area (Å²) in [7, 11) is 4.03. The van der Waals surface area contributed by atoms with Gasteiger partial charge in [-0.3, -0.25) is 4.90 Å². The molecule has 2 rings (SSSR count). The van der Waals surface area contributed by atoms with Gasteiger partial charge >= 0.3 is 0 Å². The zero-order chi connectivity index (χ0) is 15.9. The SMILES string of the molecule is CN(C)CCN(Cc1ccccc1)Cc1ccc(F)cc1F. The lowest BCUT2D eigenvalue weighted by atomic mass is 10.1. The number of hydrogen-bond donors (Lipinski definition) is 0. The van der Waals surface area contributed by atoms with Crippen LogP contribution in [0.15, 0.2) is 48.5 Å². The van der Waals surface area contributed by atoms with Gasteiger partial charge in [-0.25, -0.2) is 8.78 Å². The van der Waals surface area contributed by atoms with Gasteiger partial charge in [-0.05, 0) is 25.7 Å². The molecule has 0 saturated carbocycles. The molecule has 2 aromatic carbocycles. The molecule has 0 aromatic heterocycles. The average Bonchev–Trinajstić information content (AvgIpc) is 2.48. The zero-order valence-corrected chi connectivity index (χ0v) is 13.1. The molecule has 2 aromatic rings. The molecule has 0 bridgehead atoms. The van der Waals surface area contributed by atoms with Crippen molar-refractivity contribution < 1.29 is 8.78 Å².